The minimum Gasteiger partial charge on any atom is -0.369 e. The zero-order valence-corrected chi connectivity index (χ0v) is 12.4. The normalized spacial score (nSPS) is 10.5. The summed E-state index contributed by atoms with van der Waals surface area (Å²) in [5.74, 6) is 0.657. The lowest BCUT2D eigenvalue weighted by Gasteiger charge is -2.10. The van der Waals surface area contributed by atoms with E-state index in [0.29, 0.717) is 21.6 Å². The van der Waals surface area contributed by atoms with Gasteiger partial charge in [0.05, 0.1) is 15.7 Å². The Morgan fingerprint density at radius 3 is 2.63 bits per heavy atom. The highest BCUT2D eigenvalue weighted by Crippen LogP contribution is 2.32. The number of hydrogen-bond acceptors (Lipinski definition) is 3. The van der Waals surface area contributed by atoms with Crippen molar-refractivity contribution in [1.82, 2.24) is 9.97 Å². The molecule has 2 rings (SSSR count). The first kappa shape index (κ1) is 14.1. The Morgan fingerprint density at radius 1 is 1.16 bits per heavy atom. The van der Waals surface area contributed by atoms with Gasteiger partial charge in [-0.15, -0.1) is 0 Å². The number of nitrogens with one attached hydrogen (secondary N) is 1. The van der Waals surface area contributed by atoms with Crippen LogP contribution in [0.1, 0.15) is 18.9 Å². The highest BCUT2D eigenvalue weighted by molar-refractivity contribution is 6.37. The van der Waals surface area contributed by atoms with E-state index in [9.17, 15) is 0 Å². The second-order valence-corrected chi connectivity index (χ2v) is 5.14. The van der Waals surface area contributed by atoms with Crippen LogP contribution in [-0.4, -0.2) is 16.5 Å². The smallest absolute Gasteiger partial charge is 0.145 e. The monoisotopic (exact) mass is 295 g/mol. The molecule has 2 aromatic heterocycles. The molecule has 0 spiro atoms. The summed E-state index contributed by atoms with van der Waals surface area (Å²) in [5, 5.41) is 4.25. The van der Waals surface area contributed by atoms with Gasteiger partial charge < -0.3 is 5.32 Å². The first-order chi connectivity index (χ1) is 9.11. The fraction of sp³-hybridized carbons (Fsp3) is 0.286. The Morgan fingerprint density at radius 2 is 1.95 bits per heavy atom. The molecule has 0 amide bonds. The molecule has 3 nitrogen and oxygen atoms in total. The number of pyridine rings is 2. The van der Waals surface area contributed by atoms with Crippen molar-refractivity contribution in [2.24, 2.45) is 0 Å². The van der Waals surface area contributed by atoms with Gasteiger partial charge in [0, 0.05) is 24.5 Å². The van der Waals surface area contributed by atoms with Crippen LogP contribution in [0.5, 0.6) is 0 Å². The standard InChI is InChI=1S/C14H15Cl2N3/c1-3-4-18-14-12(16)6-11(15)13(19-14)10-5-9(2)7-17-8-10/h5-8H,3-4H2,1-2H3,(H,18,19). The molecule has 0 aliphatic rings. The Kier molecular flexibility index (Phi) is 4.61. The number of hydrogen-bond donors (Lipinski definition) is 1. The van der Waals surface area contributed by atoms with Crippen molar-refractivity contribution >= 4 is 29.0 Å². The Bertz CT molecular complexity index is 585. The fourth-order valence-electron chi connectivity index (χ4n) is 1.72. The predicted molar refractivity (Wildman–Crippen MR) is 81.0 cm³/mol. The maximum atomic E-state index is 6.22. The van der Waals surface area contributed by atoms with E-state index in [0.717, 1.165) is 24.1 Å². The van der Waals surface area contributed by atoms with Gasteiger partial charge in [0.15, 0.2) is 0 Å². The topological polar surface area (TPSA) is 37.8 Å². The average Bonchev–Trinajstić information content (AvgIpc) is 2.38. The van der Waals surface area contributed by atoms with Crippen LogP contribution < -0.4 is 5.32 Å². The molecular weight excluding hydrogens is 281 g/mol. The maximum Gasteiger partial charge on any atom is 0.145 e. The van der Waals surface area contributed by atoms with Gasteiger partial charge in [-0.2, -0.15) is 0 Å². The van der Waals surface area contributed by atoms with Gasteiger partial charge in [0.2, 0.25) is 0 Å². The van der Waals surface area contributed by atoms with Crippen LogP contribution in [0.3, 0.4) is 0 Å². The number of anilines is 1. The second-order valence-electron chi connectivity index (χ2n) is 4.33. The summed E-state index contributed by atoms with van der Waals surface area (Å²) >= 11 is 12.4. The summed E-state index contributed by atoms with van der Waals surface area (Å²) in [5.41, 5.74) is 2.65. The summed E-state index contributed by atoms with van der Waals surface area (Å²) in [6.07, 6.45) is 4.55. The number of rotatable bonds is 4. The fourth-order valence-corrected chi connectivity index (χ4v) is 2.26. The first-order valence-electron chi connectivity index (χ1n) is 6.13. The van der Waals surface area contributed by atoms with Gasteiger partial charge in [-0.3, -0.25) is 4.98 Å². The molecule has 0 atom stereocenters. The molecule has 100 valence electrons. The van der Waals surface area contributed by atoms with Crippen LogP contribution >= 0.6 is 23.2 Å². The van der Waals surface area contributed by atoms with Crippen molar-refractivity contribution in [3.63, 3.8) is 0 Å². The van der Waals surface area contributed by atoms with Crippen LogP contribution in [-0.2, 0) is 0 Å². The van der Waals surface area contributed by atoms with E-state index in [1.807, 2.05) is 13.0 Å². The van der Waals surface area contributed by atoms with Gasteiger partial charge >= 0.3 is 0 Å². The molecule has 0 saturated heterocycles. The van der Waals surface area contributed by atoms with Crippen LogP contribution in [0.4, 0.5) is 5.82 Å². The molecule has 0 bridgehead atoms. The molecule has 1 N–H and O–H groups in total. The Labute approximate surface area is 123 Å². The zero-order valence-electron chi connectivity index (χ0n) is 10.9. The summed E-state index contributed by atoms with van der Waals surface area (Å²) < 4.78 is 0. The van der Waals surface area contributed by atoms with E-state index in [1.54, 1.807) is 18.5 Å². The highest BCUT2D eigenvalue weighted by Gasteiger charge is 2.11. The minimum atomic E-state index is 0.527. The van der Waals surface area contributed by atoms with Crippen LogP contribution in [0, 0.1) is 6.92 Å². The van der Waals surface area contributed by atoms with E-state index in [4.69, 9.17) is 23.2 Å². The molecule has 0 unspecified atom stereocenters. The third-order valence-corrected chi connectivity index (χ3v) is 3.20. The molecule has 0 radical (unpaired) electrons. The van der Waals surface area contributed by atoms with Gasteiger partial charge in [-0.05, 0) is 31.0 Å². The zero-order chi connectivity index (χ0) is 13.8. The molecule has 2 aromatic rings. The van der Waals surface area contributed by atoms with Gasteiger partial charge in [0.25, 0.3) is 0 Å². The largest absolute Gasteiger partial charge is 0.369 e. The quantitative estimate of drug-likeness (QED) is 0.897. The van der Waals surface area contributed by atoms with E-state index in [2.05, 4.69) is 22.2 Å². The SMILES string of the molecule is CCCNc1nc(-c2cncc(C)c2)c(Cl)cc1Cl. The molecule has 19 heavy (non-hydrogen) atoms. The lowest BCUT2D eigenvalue weighted by Crippen LogP contribution is -2.03. The van der Waals surface area contributed by atoms with E-state index < -0.39 is 0 Å². The summed E-state index contributed by atoms with van der Waals surface area (Å²) in [6, 6.07) is 3.71. The van der Waals surface area contributed by atoms with Crippen molar-refractivity contribution in [2.75, 3.05) is 11.9 Å². The Hall–Kier alpha value is -1.32. The molecule has 0 aromatic carbocycles. The van der Waals surface area contributed by atoms with Crippen molar-refractivity contribution in [1.29, 1.82) is 0 Å². The summed E-state index contributed by atoms with van der Waals surface area (Å²) in [6.45, 7) is 4.89. The Balaban J connectivity index is 2.45. The summed E-state index contributed by atoms with van der Waals surface area (Å²) in [4.78, 5) is 8.67. The second kappa shape index (κ2) is 6.22. The lowest BCUT2D eigenvalue weighted by molar-refractivity contribution is 0.970. The first-order valence-corrected chi connectivity index (χ1v) is 6.89. The van der Waals surface area contributed by atoms with Crippen molar-refractivity contribution < 1.29 is 0 Å². The van der Waals surface area contributed by atoms with Crippen LogP contribution in [0.2, 0.25) is 10.0 Å². The van der Waals surface area contributed by atoms with Crippen LogP contribution in [0.25, 0.3) is 11.3 Å². The minimum absolute atomic E-state index is 0.527. The van der Waals surface area contributed by atoms with Crippen LogP contribution in [0.15, 0.2) is 24.5 Å². The molecule has 2 heterocycles. The molecular formula is C14H15Cl2N3. The molecule has 0 saturated carbocycles. The van der Waals surface area contributed by atoms with Crippen molar-refractivity contribution in [3.05, 3.63) is 40.1 Å². The van der Waals surface area contributed by atoms with Gasteiger partial charge in [0.1, 0.15) is 5.82 Å². The average molecular weight is 296 g/mol. The van der Waals surface area contributed by atoms with Gasteiger partial charge in [-0.25, -0.2) is 4.98 Å². The van der Waals surface area contributed by atoms with Gasteiger partial charge in [-0.1, -0.05) is 30.1 Å². The third kappa shape index (κ3) is 3.37. The third-order valence-electron chi connectivity index (χ3n) is 2.62. The molecule has 0 aliphatic carbocycles. The number of nitrogens with zero attached hydrogens (tertiary/aromatic N) is 2. The molecule has 5 heteroatoms. The van der Waals surface area contributed by atoms with E-state index in [1.165, 1.54) is 0 Å². The van der Waals surface area contributed by atoms with Crippen molar-refractivity contribution in [3.8, 4) is 11.3 Å². The molecule has 0 aliphatic heterocycles. The highest BCUT2D eigenvalue weighted by atomic mass is 35.5. The maximum absolute atomic E-state index is 6.22. The number of halogens is 2. The lowest BCUT2D eigenvalue weighted by atomic mass is 10.1. The van der Waals surface area contributed by atoms with E-state index >= 15 is 0 Å². The number of aromatic nitrogens is 2. The van der Waals surface area contributed by atoms with Crippen molar-refractivity contribution in [2.45, 2.75) is 20.3 Å². The summed E-state index contributed by atoms with van der Waals surface area (Å²) in [7, 11) is 0. The van der Waals surface area contributed by atoms with E-state index in [-0.39, 0.29) is 0 Å². The predicted octanol–water partition coefficient (Wildman–Crippen LogP) is 4.58. The number of aryl methyl sites for hydroxylation is 1. The molecule has 0 fully saturated rings.